The van der Waals surface area contributed by atoms with Gasteiger partial charge in [0, 0.05) is 11.8 Å². The Morgan fingerprint density at radius 2 is 1.35 bits per heavy atom. The molecule has 10 rings (SSSR count). The number of Topliss-reactive ketones (excluding diaryl/α,β-unsaturated/α-hetero) is 1. The van der Waals surface area contributed by atoms with Crippen molar-refractivity contribution >= 4 is 5.78 Å². The summed E-state index contributed by atoms with van der Waals surface area (Å²) in [4.78, 5) is 17.8. The second-order valence-corrected chi connectivity index (χ2v) is 15.7. The van der Waals surface area contributed by atoms with E-state index in [0.717, 1.165) is 29.5 Å². The van der Waals surface area contributed by atoms with E-state index in [0.29, 0.717) is 41.6 Å². The molecular weight excluding hydrogens is 732 g/mol. The van der Waals surface area contributed by atoms with Crippen LogP contribution in [-0.4, -0.2) is 101 Å². The van der Waals surface area contributed by atoms with E-state index in [4.69, 9.17) is 32.7 Å². The van der Waals surface area contributed by atoms with Crippen LogP contribution in [0.3, 0.4) is 0 Å². The number of nitrogens with zero attached hydrogens (tertiary/aromatic N) is 4. The molecule has 4 aromatic rings. The molecule has 2 aromatic heterocycles. The number of carbonyl (C=O) groups is 1. The number of aliphatic hydroxyl groups is 2. The van der Waals surface area contributed by atoms with Crippen LogP contribution in [0.1, 0.15) is 77.0 Å². The van der Waals surface area contributed by atoms with Gasteiger partial charge in [-0.25, -0.2) is 0 Å². The summed E-state index contributed by atoms with van der Waals surface area (Å²) in [6.07, 6.45) is 4.11. The summed E-state index contributed by atoms with van der Waals surface area (Å²) in [5.74, 6) is 1.90. The van der Waals surface area contributed by atoms with Gasteiger partial charge in [0.15, 0.2) is 17.1 Å². The van der Waals surface area contributed by atoms with Gasteiger partial charge in [-0.05, 0) is 74.1 Å². The van der Waals surface area contributed by atoms with E-state index in [1.165, 1.54) is 0 Å². The smallest absolute Gasteiger partial charge is 0.265 e. The van der Waals surface area contributed by atoms with E-state index in [2.05, 4.69) is 15.2 Å². The fourth-order valence-corrected chi connectivity index (χ4v) is 9.96. The van der Waals surface area contributed by atoms with Gasteiger partial charge in [-0.1, -0.05) is 74.2 Å². The summed E-state index contributed by atoms with van der Waals surface area (Å²) in [6.45, 7) is 0.472. The Balaban J connectivity index is 0.000000157. The average Bonchev–Trinajstić information content (AvgIpc) is 4.06. The predicted molar refractivity (Wildman–Crippen MR) is 205 cm³/mol. The van der Waals surface area contributed by atoms with Gasteiger partial charge in [-0.3, -0.25) is 14.6 Å². The lowest BCUT2D eigenvalue weighted by atomic mass is 9.64. The summed E-state index contributed by atoms with van der Waals surface area (Å²) in [6, 6.07) is 19.2. The number of hydrogen-bond donors (Lipinski definition) is 2. The van der Waals surface area contributed by atoms with Crippen molar-refractivity contribution in [1.82, 2.24) is 20.1 Å². The van der Waals surface area contributed by atoms with Gasteiger partial charge in [0.25, 0.3) is 11.8 Å². The third kappa shape index (κ3) is 5.87. The molecule has 2 fully saturated rings. The zero-order valence-electron chi connectivity index (χ0n) is 32.0. The van der Waals surface area contributed by atoms with Crippen LogP contribution < -0.4 is 9.47 Å². The van der Waals surface area contributed by atoms with Crippen LogP contribution in [0.25, 0.3) is 0 Å². The molecule has 0 radical (unpaired) electrons. The van der Waals surface area contributed by atoms with Crippen molar-refractivity contribution in [3.8, 4) is 11.8 Å². The molecule has 2 spiro atoms. The lowest BCUT2D eigenvalue weighted by Crippen LogP contribution is -2.53. The minimum absolute atomic E-state index is 0. The molecule has 2 N–H and O–H groups in total. The zero-order chi connectivity index (χ0) is 38.9. The molecule has 1 unspecified atom stereocenters. The van der Waals surface area contributed by atoms with E-state index in [1.54, 1.807) is 7.11 Å². The first kappa shape index (κ1) is 39.0. The number of benzene rings is 2. The summed E-state index contributed by atoms with van der Waals surface area (Å²) in [7, 11) is 9.46. The molecular formula is C43H50N4O10. The third-order valence-electron chi connectivity index (χ3n) is 12.2. The number of methoxy groups -OCH3 is 1. The summed E-state index contributed by atoms with van der Waals surface area (Å²) < 4.78 is 41.2. The summed E-state index contributed by atoms with van der Waals surface area (Å²) in [5, 5.41) is 29.6. The van der Waals surface area contributed by atoms with Gasteiger partial charge in [0.05, 0.1) is 43.6 Å². The number of ketones is 1. The summed E-state index contributed by atoms with van der Waals surface area (Å²) >= 11 is 0. The second kappa shape index (κ2) is 14.8. The quantitative estimate of drug-likeness (QED) is 0.198. The van der Waals surface area contributed by atoms with Crippen LogP contribution >= 0.6 is 0 Å². The molecule has 0 amide bonds. The molecule has 57 heavy (non-hydrogen) atoms. The SMILES string of the molecule is C.CN(C)[C@@H]1c2onc(OCc3ccccc3)c2C(O)[C@@]23O[C@@H](C=C2CO)C[C@@H]13.COC1=C[C@H]2C[C@H]3[C@H](N(C)C)c4onc(OCc5ccccc5)c4C(=O)[C@@]13O2. The minimum Gasteiger partial charge on any atom is -0.498 e. The molecule has 4 bridgehead atoms. The number of carbonyl (C=O) groups excluding carboxylic acids is 1. The monoisotopic (exact) mass is 782 g/mol. The van der Waals surface area contributed by atoms with Gasteiger partial charge in [0.1, 0.15) is 36.2 Å². The number of rotatable bonds is 10. The number of aromatic nitrogens is 2. The van der Waals surface area contributed by atoms with Crippen molar-refractivity contribution in [3.05, 3.63) is 118 Å². The van der Waals surface area contributed by atoms with Gasteiger partial charge < -0.3 is 42.9 Å². The van der Waals surface area contributed by atoms with Crippen molar-refractivity contribution in [3.63, 3.8) is 0 Å². The topological polar surface area (TPSA) is 162 Å². The Hall–Kier alpha value is -4.83. The van der Waals surface area contributed by atoms with Crippen molar-refractivity contribution in [2.45, 2.75) is 75.1 Å². The van der Waals surface area contributed by atoms with E-state index in [-0.39, 0.29) is 67.7 Å². The Labute approximate surface area is 331 Å². The molecule has 6 heterocycles. The summed E-state index contributed by atoms with van der Waals surface area (Å²) in [5.41, 5.74) is 1.50. The molecule has 0 saturated carbocycles. The Bertz CT molecular complexity index is 2170. The molecule has 14 nitrogen and oxygen atoms in total. The fourth-order valence-electron chi connectivity index (χ4n) is 9.96. The third-order valence-corrected chi connectivity index (χ3v) is 12.2. The van der Waals surface area contributed by atoms with E-state index < -0.39 is 17.3 Å². The minimum atomic E-state index is -1.13. The first-order valence-electron chi connectivity index (χ1n) is 18.9. The first-order chi connectivity index (χ1) is 27.1. The van der Waals surface area contributed by atoms with Crippen molar-refractivity contribution in [1.29, 1.82) is 0 Å². The number of fused-ring (bicyclic) bond motifs is 4. The van der Waals surface area contributed by atoms with Gasteiger partial charge in [0.2, 0.25) is 5.78 Å². The van der Waals surface area contributed by atoms with Crippen LogP contribution in [0.15, 0.2) is 93.2 Å². The molecule has 302 valence electrons. The fraction of sp³-hybridized carbons (Fsp3) is 0.465. The molecule has 9 atom stereocenters. The predicted octanol–water partition coefficient (Wildman–Crippen LogP) is 5.36. The molecule has 6 aliphatic rings. The van der Waals surface area contributed by atoms with Gasteiger partial charge in [-0.15, -0.1) is 0 Å². The van der Waals surface area contributed by atoms with Gasteiger partial charge in [-0.2, -0.15) is 0 Å². The normalized spacial score (nSPS) is 31.0. The highest BCUT2D eigenvalue weighted by atomic mass is 16.6. The highest BCUT2D eigenvalue weighted by Gasteiger charge is 2.69. The van der Waals surface area contributed by atoms with Crippen LogP contribution in [0.2, 0.25) is 0 Å². The maximum Gasteiger partial charge on any atom is 0.265 e. The molecule has 14 heteroatoms. The maximum absolute atomic E-state index is 13.7. The highest BCUT2D eigenvalue weighted by molar-refractivity contribution is 6.09. The van der Waals surface area contributed by atoms with Crippen molar-refractivity contribution < 1.29 is 47.7 Å². The lowest BCUT2D eigenvalue weighted by molar-refractivity contribution is -0.116. The van der Waals surface area contributed by atoms with Crippen LogP contribution in [-0.2, 0) is 27.4 Å². The standard InChI is InChI=1S/C21H22N2O5.C21H24N2O5.CH4/c1-23(2)17-14-9-13-10-15(25-3)21(14,27-13)19(24)16-18(17)28-22-20(16)26-11-12-7-5-4-6-8-12;1-23(2)17-15-9-14-8-13(10-24)21(15,27-14)19(25)16-18(17)28-22-20(16)26-11-12-6-4-3-5-7-12;/h4-8,10,13-14,17H,9,11H2,1-3H3;3-8,14-15,17,19,24-25H,9-11H2,1-2H3;1H4/t13-,14+,17+,21+;14-,15-,17-,19?,21+;/m10./s1. The molecule has 2 aromatic carbocycles. The highest BCUT2D eigenvalue weighted by Crippen LogP contribution is 2.64. The average molecular weight is 783 g/mol. The first-order valence-corrected chi connectivity index (χ1v) is 18.9. The zero-order valence-corrected chi connectivity index (χ0v) is 32.0. The van der Waals surface area contributed by atoms with Gasteiger partial charge >= 0.3 is 0 Å². The molecule has 2 aliphatic carbocycles. The Kier molecular flexibility index (Phi) is 10.2. The molecule has 2 saturated heterocycles. The van der Waals surface area contributed by atoms with E-state index >= 15 is 0 Å². The Morgan fingerprint density at radius 3 is 1.96 bits per heavy atom. The van der Waals surface area contributed by atoms with Crippen LogP contribution in [0.4, 0.5) is 0 Å². The van der Waals surface area contributed by atoms with E-state index in [9.17, 15) is 15.0 Å². The van der Waals surface area contributed by atoms with Crippen LogP contribution in [0, 0.1) is 11.8 Å². The number of hydrogen-bond acceptors (Lipinski definition) is 14. The maximum atomic E-state index is 13.7. The number of ether oxygens (including phenoxy) is 5. The molecule has 4 aliphatic heterocycles. The van der Waals surface area contributed by atoms with Crippen molar-refractivity contribution in [2.24, 2.45) is 11.8 Å². The Morgan fingerprint density at radius 1 is 0.789 bits per heavy atom. The van der Waals surface area contributed by atoms with Crippen LogP contribution in [0.5, 0.6) is 11.8 Å². The second-order valence-electron chi connectivity index (χ2n) is 15.7. The largest absolute Gasteiger partial charge is 0.498 e. The lowest BCUT2D eigenvalue weighted by Gasteiger charge is -2.46. The number of aliphatic hydroxyl groups excluding tert-OH is 2. The van der Waals surface area contributed by atoms with E-state index in [1.807, 2.05) is 106 Å². The van der Waals surface area contributed by atoms with Crippen molar-refractivity contribution in [2.75, 3.05) is 41.9 Å².